The second-order valence-corrected chi connectivity index (χ2v) is 9.32. The Morgan fingerprint density at radius 2 is 1.90 bits per heavy atom. The Morgan fingerprint density at radius 1 is 1.13 bits per heavy atom. The number of hydrogen-bond acceptors (Lipinski definition) is 4. The maximum atomic E-state index is 12.4. The maximum absolute atomic E-state index is 12.4. The largest absolute Gasteiger partial charge is 0.370 e. The van der Waals surface area contributed by atoms with E-state index in [-0.39, 0.29) is 23.6 Å². The summed E-state index contributed by atoms with van der Waals surface area (Å²) in [6.45, 7) is 5.25. The van der Waals surface area contributed by atoms with Crippen molar-refractivity contribution >= 4 is 17.7 Å². The van der Waals surface area contributed by atoms with Crippen LogP contribution >= 0.6 is 0 Å². The van der Waals surface area contributed by atoms with Crippen molar-refractivity contribution < 1.29 is 19.5 Å². The molecule has 7 nitrogen and oxygen atoms in total. The molecule has 2 atom stereocenters. The first-order valence-corrected chi connectivity index (χ1v) is 11.7. The summed E-state index contributed by atoms with van der Waals surface area (Å²) in [5.74, 6) is 1.32. The smallest absolute Gasteiger partial charge is 0.248 e. The minimum atomic E-state index is -0.798. The van der Waals surface area contributed by atoms with Crippen LogP contribution in [0.1, 0.15) is 64.7 Å². The van der Waals surface area contributed by atoms with Gasteiger partial charge in [0.25, 0.3) is 0 Å². The molecule has 1 unspecified atom stereocenters. The fraction of sp³-hybridized carbons (Fsp3) is 0.783. The molecule has 1 saturated heterocycles. The second-order valence-electron chi connectivity index (χ2n) is 9.32. The van der Waals surface area contributed by atoms with Gasteiger partial charge in [0.15, 0.2) is 0 Å². The predicted molar refractivity (Wildman–Crippen MR) is 114 cm³/mol. The van der Waals surface area contributed by atoms with Crippen molar-refractivity contribution in [2.75, 3.05) is 26.2 Å². The third kappa shape index (κ3) is 6.30. The SMILES string of the molecule is C[C@H]1CCN(C(=O)CCCCCNC(=O)C2CCC(CN3C(=O)C=CC3O)CC2)C1. The number of hydrogen-bond donors (Lipinski definition) is 2. The fourth-order valence-electron chi connectivity index (χ4n) is 4.84. The van der Waals surface area contributed by atoms with Gasteiger partial charge in [-0.25, -0.2) is 0 Å². The van der Waals surface area contributed by atoms with Crippen LogP contribution in [0.2, 0.25) is 0 Å². The monoisotopic (exact) mass is 419 g/mol. The Bertz CT molecular complexity index is 642. The minimum Gasteiger partial charge on any atom is -0.370 e. The van der Waals surface area contributed by atoms with Gasteiger partial charge in [0.1, 0.15) is 6.23 Å². The number of unbranched alkanes of at least 4 members (excludes halogenated alkanes) is 2. The fourth-order valence-corrected chi connectivity index (χ4v) is 4.84. The van der Waals surface area contributed by atoms with Crippen molar-refractivity contribution in [1.29, 1.82) is 0 Å². The molecule has 1 saturated carbocycles. The molecule has 3 aliphatic rings. The highest BCUT2D eigenvalue weighted by Crippen LogP contribution is 2.30. The van der Waals surface area contributed by atoms with Gasteiger partial charge in [-0.3, -0.25) is 14.4 Å². The van der Waals surface area contributed by atoms with Gasteiger partial charge in [-0.2, -0.15) is 0 Å². The highest BCUT2D eigenvalue weighted by atomic mass is 16.3. The topological polar surface area (TPSA) is 90.0 Å². The molecule has 2 aliphatic heterocycles. The summed E-state index contributed by atoms with van der Waals surface area (Å²) in [7, 11) is 0. The van der Waals surface area contributed by atoms with E-state index in [0.717, 1.165) is 64.5 Å². The molecule has 3 rings (SSSR count). The maximum Gasteiger partial charge on any atom is 0.248 e. The number of rotatable bonds is 9. The zero-order valence-corrected chi connectivity index (χ0v) is 18.2. The molecule has 0 aromatic rings. The second kappa shape index (κ2) is 10.9. The first-order chi connectivity index (χ1) is 14.4. The van der Waals surface area contributed by atoms with E-state index in [2.05, 4.69) is 12.2 Å². The number of carbonyl (C=O) groups excluding carboxylic acids is 3. The average Bonchev–Trinajstić information content (AvgIpc) is 3.31. The number of carbonyl (C=O) groups is 3. The molecule has 7 heteroatoms. The third-order valence-electron chi connectivity index (χ3n) is 6.83. The predicted octanol–water partition coefficient (Wildman–Crippen LogP) is 2.05. The Morgan fingerprint density at radius 3 is 2.53 bits per heavy atom. The van der Waals surface area contributed by atoms with Crippen LogP contribution in [-0.4, -0.2) is 65.0 Å². The number of likely N-dealkylation sites (tertiary alicyclic amines) is 1. The summed E-state index contributed by atoms with van der Waals surface area (Å²) < 4.78 is 0. The molecule has 0 radical (unpaired) electrons. The molecule has 30 heavy (non-hydrogen) atoms. The first kappa shape index (κ1) is 22.8. The lowest BCUT2D eigenvalue weighted by atomic mass is 9.81. The van der Waals surface area contributed by atoms with Crippen LogP contribution < -0.4 is 5.32 Å². The van der Waals surface area contributed by atoms with Crippen LogP contribution in [0.4, 0.5) is 0 Å². The van der Waals surface area contributed by atoms with Crippen molar-refractivity contribution in [3.05, 3.63) is 12.2 Å². The summed E-state index contributed by atoms with van der Waals surface area (Å²) in [6.07, 6.45) is 10.1. The molecule has 2 fully saturated rings. The lowest BCUT2D eigenvalue weighted by Crippen LogP contribution is -2.40. The highest BCUT2D eigenvalue weighted by Gasteiger charge is 2.31. The number of aliphatic hydroxyl groups excluding tert-OH is 1. The molecular formula is C23H37N3O4. The molecule has 3 amide bonds. The molecule has 0 aromatic carbocycles. The summed E-state index contributed by atoms with van der Waals surface area (Å²) in [5, 5.41) is 12.9. The van der Waals surface area contributed by atoms with Gasteiger partial charge < -0.3 is 20.2 Å². The van der Waals surface area contributed by atoms with Crippen molar-refractivity contribution in [1.82, 2.24) is 15.1 Å². The molecule has 0 spiro atoms. The van der Waals surface area contributed by atoms with E-state index >= 15 is 0 Å². The number of amides is 3. The lowest BCUT2D eigenvalue weighted by Gasteiger charge is -2.31. The quantitative estimate of drug-likeness (QED) is 0.560. The van der Waals surface area contributed by atoms with E-state index in [1.165, 1.54) is 17.1 Å². The van der Waals surface area contributed by atoms with Gasteiger partial charge in [0.05, 0.1) is 0 Å². The molecule has 0 aromatic heterocycles. The van der Waals surface area contributed by atoms with E-state index in [4.69, 9.17) is 0 Å². The van der Waals surface area contributed by atoms with Gasteiger partial charge in [-0.1, -0.05) is 13.3 Å². The van der Waals surface area contributed by atoms with Gasteiger partial charge in [-0.15, -0.1) is 0 Å². The average molecular weight is 420 g/mol. The van der Waals surface area contributed by atoms with Gasteiger partial charge >= 0.3 is 0 Å². The van der Waals surface area contributed by atoms with Crippen LogP contribution in [0.25, 0.3) is 0 Å². The number of nitrogens with one attached hydrogen (secondary N) is 1. The summed E-state index contributed by atoms with van der Waals surface area (Å²) in [4.78, 5) is 39.8. The Balaban J connectivity index is 1.22. The highest BCUT2D eigenvalue weighted by molar-refractivity contribution is 5.90. The molecule has 1 aliphatic carbocycles. The van der Waals surface area contributed by atoms with E-state index in [0.29, 0.717) is 31.3 Å². The van der Waals surface area contributed by atoms with Gasteiger partial charge in [0, 0.05) is 44.6 Å². The number of aliphatic hydroxyl groups is 1. The Labute approximate surface area is 179 Å². The van der Waals surface area contributed by atoms with Gasteiger partial charge in [-0.05, 0) is 62.9 Å². The van der Waals surface area contributed by atoms with E-state index < -0.39 is 6.23 Å². The lowest BCUT2D eigenvalue weighted by molar-refractivity contribution is -0.133. The van der Waals surface area contributed by atoms with Crippen LogP contribution in [0.3, 0.4) is 0 Å². The van der Waals surface area contributed by atoms with Crippen molar-refractivity contribution in [3.63, 3.8) is 0 Å². The molecule has 2 N–H and O–H groups in total. The third-order valence-corrected chi connectivity index (χ3v) is 6.83. The molecular weight excluding hydrogens is 382 g/mol. The summed E-state index contributed by atoms with van der Waals surface area (Å²) in [5.41, 5.74) is 0. The Kier molecular flexibility index (Phi) is 8.31. The van der Waals surface area contributed by atoms with E-state index in [1.54, 1.807) is 0 Å². The Hall–Kier alpha value is -1.89. The van der Waals surface area contributed by atoms with Crippen LogP contribution in [0, 0.1) is 17.8 Å². The number of nitrogens with zero attached hydrogens (tertiary/aromatic N) is 2. The van der Waals surface area contributed by atoms with Crippen LogP contribution in [-0.2, 0) is 14.4 Å². The molecule has 168 valence electrons. The minimum absolute atomic E-state index is 0.0531. The van der Waals surface area contributed by atoms with Crippen LogP contribution in [0.5, 0.6) is 0 Å². The normalized spacial score (nSPS) is 28.9. The zero-order valence-electron chi connectivity index (χ0n) is 18.2. The van der Waals surface area contributed by atoms with E-state index in [1.807, 2.05) is 4.90 Å². The molecule has 2 heterocycles. The molecule has 0 bridgehead atoms. The van der Waals surface area contributed by atoms with E-state index in [9.17, 15) is 19.5 Å². The standard InChI is InChI=1S/C23H37N3O4/c1-17-12-14-25(15-17)20(27)5-3-2-4-13-24-23(30)19-8-6-18(7-9-19)16-26-21(28)10-11-22(26)29/h10-11,17-19,21,28H,2-9,12-16H2,1H3,(H,24,30)/t17-,18?,19?,21?/m0/s1. The van der Waals surface area contributed by atoms with Crippen molar-refractivity contribution in [2.24, 2.45) is 17.8 Å². The first-order valence-electron chi connectivity index (χ1n) is 11.7. The van der Waals surface area contributed by atoms with Crippen molar-refractivity contribution in [3.8, 4) is 0 Å². The van der Waals surface area contributed by atoms with Gasteiger partial charge in [0.2, 0.25) is 17.7 Å². The summed E-state index contributed by atoms with van der Waals surface area (Å²) in [6, 6.07) is 0. The summed E-state index contributed by atoms with van der Waals surface area (Å²) >= 11 is 0. The zero-order chi connectivity index (χ0) is 21.5. The van der Waals surface area contributed by atoms with Crippen molar-refractivity contribution in [2.45, 2.75) is 70.9 Å². The van der Waals surface area contributed by atoms with Crippen LogP contribution in [0.15, 0.2) is 12.2 Å².